The van der Waals surface area contributed by atoms with E-state index in [0.717, 1.165) is 36.9 Å². The molecule has 1 aromatic carbocycles. The van der Waals surface area contributed by atoms with E-state index in [0.29, 0.717) is 5.92 Å². The Balaban J connectivity index is 1.45. The maximum Gasteiger partial charge on any atom is 0.120 e. The first-order valence-electron chi connectivity index (χ1n) is 7.62. The van der Waals surface area contributed by atoms with Crippen molar-refractivity contribution in [2.45, 2.75) is 31.6 Å². The number of rotatable bonds is 4. The van der Waals surface area contributed by atoms with Gasteiger partial charge < -0.3 is 10.1 Å². The summed E-state index contributed by atoms with van der Waals surface area (Å²) in [4.78, 5) is 4.72. The molecule has 0 radical (unpaired) electrons. The summed E-state index contributed by atoms with van der Waals surface area (Å²) >= 11 is 1.84. The van der Waals surface area contributed by atoms with Crippen molar-refractivity contribution in [3.63, 3.8) is 0 Å². The summed E-state index contributed by atoms with van der Waals surface area (Å²) in [5.74, 6) is 2.45. The van der Waals surface area contributed by atoms with Crippen LogP contribution in [0.15, 0.2) is 18.2 Å². The fraction of sp³-hybridized carbons (Fsp3) is 0.562. The molecule has 20 heavy (non-hydrogen) atoms. The minimum atomic E-state index is 0.704. The maximum atomic E-state index is 5.99. The molecule has 2 aromatic rings. The molecular weight excluding hydrogens is 268 g/mol. The van der Waals surface area contributed by atoms with Gasteiger partial charge in [0.05, 0.1) is 21.8 Å². The monoisotopic (exact) mass is 288 g/mol. The standard InChI is InChI=1S/C16H20N2OS/c1-2-12(1)16-18-14-4-3-13(9-15(14)20-16)19-10-11-5-7-17-8-6-11/h3-4,9,11-12,17H,1-2,5-8,10H2. The summed E-state index contributed by atoms with van der Waals surface area (Å²) in [6.07, 6.45) is 5.10. The quantitative estimate of drug-likeness (QED) is 0.934. The lowest BCUT2D eigenvalue weighted by atomic mass is 9.99. The number of ether oxygens (including phenoxy) is 1. The fourth-order valence-corrected chi connectivity index (χ4v) is 3.94. The van der Waals surface area contributed by atoms with Gasteiger partial charge in [-0.1, -0.05) is 0 Å². The first-order valence-corrected chi connectivity index (χ1v) is 8.44. The van der Waals surface area contributed by atoms with Crippen molar-refractivity contribution >= 4 is 21.6 Å². The zero-order valence-corrected chi connectivity index (χ0v) is 12.4. The Morgan fingerprint density at radius 1 is 1.20 bits per heavy atom. The molecule has 0 bridgehead atoms. The van der Waals surface area contributed by atoms with Crippen molar-refractivity contribution in [1.82, 2.24) is 10.3 Å². The molecule has 0 atom stereocenters. The molecule has 1 aliphatic carbocycles. The van der Waals surface area contributed by atoms with E-state index in [1.54, 1.807) is 0 Å². The van der Waals surface area contributed by atoms with Gasteiger partial charge in [-0.15, -0.1) is 11.3 Å². The van der Waals surface area contributed by atoms with Crippen molar-refractivity contribution in [1.29, 1.82) is 0 Å². The van der Waals surface area contributed by atoms with E-state index in [1.165, 1.54) is 35.4 Å². The second-order valence-corrected chi connectivity index (χ2v) is 7.02. The summed E-state index contributed by atoms with van der Waals surface area (Å²) in [6, 6.07) is 6.34. The van der Waals surface area contributed by atoms with Crippen molar-refractivity contribution < 1.29 is 4.74 Å². The Morgan fingerprint density at radius 2 is 2.05 bits per heavy atom. The Bertz CT molecular complexity index is 600. The van der Waals surface area contributed by atoms with Crippen LogP contribution in [-0.4, -0.2) is 24.7 Å². The maximum absolute atomic E-state index is 5.99. The van der Waals surface area contributed by atoms with Crippen molar-refractivity contribution in [2.75, 3.05) is 19.7 Å². The Labute approximate surface area is 123 Å². The second-order valence-electron chi connectivity index (χ2n) is 5.96. The molecule has 106 valence electrons. The summed E-state index contributed by atoms with van der Waals surface area (Å²) < 4.78 is 7.26. The molecule has 4 heteroatoms. The molecule has 0 spiro atoms. The van der Waals surface area contributed by atoms with Gasteiger partial charge in [-0.05, 0) is 62.9 Å². The first kappa shape index (κ1) is 12.6. The summed E-state index contributed by atoms with van der Waals surface area (Å²) in [5, 5.41) is 4.71. The van der Waals surface area contributed by atoms with Gasteiger partial charge in [0.15, 0.2) is 0 Å². The van der Waals surface area contributed by atoms with Gasteiger partial charge in [-0.2, -0.15) is 0 Å². The number of fused-ring (bicyclic) bond motifs is 1. The molecule has 4 rings (SSSR count). The molecule has 1 N–H and O–H groups in total. The van der Waals surface area contributed by atoms with Crippen LogP contribution in [0.25, 0.3) is 10.2 Å². The molecule has 1 aromatic heterocycles. The smallest absolute Gasteiger partial charge is 0.120 e. The lowest BCUT2D eigenvalue weighted by Crippen LogP contribution is -2.30. The molecule has 2 heterocycles. The summed E-state index contributed by atoms with van der Waals surface area (Å²) in [6.45, 7) is 3.11. The molecule has 3 nitrogen and oxygen atoms in total. The normalized spacial score (nSPS) is 20.4. The molecular formula is C16H20N2OS. The van der Waals surface area contributed by atoms with Crippen molar-refractivity contribution in [3.8, 4) is 5.75 Å². The molecule has 1 saturated heterocycles. The zero-order chi connectivity index (χ0) is 13.4. The van der Waals surface area contributed by atoms with E-state index >= 15 is 0 Å². The van der Waals surface area contributed by atoms with Gasteiger partial charge >= 0.3 is 0 Å². The first-order chi connectivity index (χ1) is 9.88. The average Bonchev–Trinajstić information content (AvgIpc) is 3.26. The largest absolute Gasteiger partial charge is 0.493 e. The van der Waals surface area contributed by atoms with Crippen LogP contribution >= 0.6 is 11.3 Å². The van der Waals surface area contributed by atoms with E-state index in [4.69, 9.17) is 9.72 Å². The number of nitrogens with zero attached hydrogens (tertiary/aromatic N) is 1. The number of piperidine rings is 1. The fourth-order valence-electron chi connectivity index (χ4n) is 2.78. The van der Waals surface area contributed by atoms with E-state index in [9.17, 15) is 0 Å². The number of benzene rings is 1. The highest BCUT2D eigenvalue weighted by atomic mass is 32.1. The molecule has 0 unspecified atom stereocenters. The molecule has 0 amide bonds. The lowest BCUT2D eigenvalue weighted by Gasteiger charge is -2.22. The van der Waals surface area contributed by atoms with Gasteiger partial charge in [0.2, 0.25) is 0 Å². The van der Waals surface area contributed by atoms with Gasteiger partial charge in [-0.25, -0.2) is 4.98 Å². The number of aromatic nitrogens is 1. The van der Waals surface area contributed by atoms with Crippen LogP contribution in [-0.2, 0) is 0 Å². The lowest BCUT2D eigenvalue weighted by molar-refractivity contribution is 0.215. The number of hydrogen-bond donors (Lipinski definition) is 1. The highest BCUT2D eigenvalue weighted by Gasteiger charge is 2.27. The number of nitrogens with one attached hydrogen (secondary N) is 1. The highest BCUT2D eigenvalue weighted by Crippen LogP contribution is 2.43. The second kappa shape index (κ2) is 5.34. The third kappa shape index (κ3) is 2.67. The van der Waals surface area contributed by atoms with E-state index in [1.807, 2.05) is 11.3 Å². The third-order valence-electron chi connectivity index (χ3n) is 4.25. The van der Waals surface area contributed by atoms with Crippen molar-refractivity contribution in [2.24, 2.45) is 5.92 Å². The predicted molar refractivity (Wildman–Crippen MR) is 82.7 cm³/mol. The Morgan fingerprint density at radius 3 is 2.85 bits per heavy atom. The zero-order valence-electron chi connectivity index (χ0n) is 11.6. The van der Waals surface area contributed by atoms with Crippen LogP contribution in [0.4, 0.5) is 0 Å². The topological polar surface area (TPSA) is 34.1 Å². The minimum Gasteiger partial charge on any atom is -0.493 e. The minimum absolute atomic E-state index is 0.704. The van der Waals surface area contributed by atoms with Gasteiger partial charge in [0.25, 0.3) is 0 Å². The van der Waals surface area contributed by atoms with Crippen LogP contribution in [0.1, 0.15) is 36.6 Å². The Kier molecular flexibility index (Phi) is 3.36. The summed E-state index contributed by atoms with van der Waals surface area (Å²) in [5.41, 5.74) is 1.13. The van der Waals surface area contributed by atoms with Gasteiger partial charge in [0.1, 0.15) is 5.75 Å². The van der Waals surface area contributed by atoms with Crippen LogP contribution in [0, 0.1) is 5.92 Å². The van der Waals surface area contributed by atoms with Crippen LogP contribution in [0.5, 0.6) is 5.75 Å². The summed E-state index contributed by atoms with van der Waals surface area (Å²) in [7, 11) is 0. The van der Waals surface area contributed by atoms with Crippen LogP contribution < -0.4 is 10.1 Å². The van der Waals surface area contributed by atoms with E-state index < -0.39 is 0 Å². The third-order valence-corrected chi connectivity index (χ3v) is 5.43. The molecule has 1 saturated carbocycles. The predicted octanol–water partition coefficient (Wildman–Crippen LogP) is 3.55. The molecule has 2 aliphatic rings. The average molecular weight is 288 g/mol. The van der Waals surface area contributed by atoms with Crippen LogP contribution in [0.2, 0.25) is 0 Å². The van der Waals surface area contributed by atoms with Crippen molar-refractivity contribution in [3.05, 3.63) is 23.2 Å². The van der Waals surface area contributed by atoms with E-state index in [-0.39, 0.29) is 0 Å². The molecule has 1 aliphatic heterocycles. The number of thiazole rings is 1. The van der Waals surface area contributed by atoms with Gasteiger partial charge in [0, 0.05) is 5.92 Å². The van der Waals surface area contributed by atoms with Crippen LogP contribution in [0.3, 0.4) is 0 Å². The SMILES string of the molecule is c1cc2nc(C3CC3)sc2cc1OCC1CCNCC1. The Hall–Kier alpha value is -1.13. The highest BCUT2D eigenvalue weighted by molar-refractivity contribution is 7.18. The van der Waals surface area contributed by atoms with Gasteiger partial charge in [-0.3, -0.25) is 0 Å². The molecule has 2 fully saturated rings. The number of hydrogen-bond acceptors (Lipinski definition) is 4. The van der Waals surface area contributed by atoms with E-state index in [2.05, 4.69) is 23.5 Å².